The number of hydrogen-bond acceptors (Lipinski definition) is 3. The minimum absolute atomic E-state index is 0.791. The summed E-state index contributed by atoms with van der Waals surface area (Å²) in [4.78, 5) is 4.09. The third kappa shape index (κ3) is 3.21. The van der Waals surface area contributed by atoms with Gasteiger partial charge in [-0.05, 0) is 42.7 Å². The Morgan fingerprint density at radius 2 is 2.18 bits per heavy atom. The van der Waals surface area contributed by atoms with Gasteiger partial charge in [-0.1, -0.05) is 12.1 Å². The zero-order valence-corrected chi connectivity index (χ0v) is 9.98. The second-order valence-corrected chi connectivity index (χ2v) is 4.11. The second kappa shape index (κ2) is 5.34. The predicted molar refractivity (Wildman–Crippen MR) is 72.0 cm³/mol. The Morgan fingerprint density at radius 1 is 1.29 bits per heavy atom. The van der Waals surface area contributed by atoms with Crippen molar-refractivity contribution in [3.8, 4) is 0 Å². The SMILES string of the molecule is Cc1ccc(N)cc1NCCc1cccnc1. The molecule has 17 heavy (non-hydrogen) atoms. The van der Waals surface area contributed by atoms with Gasteiger partial charge in [-0.3, -0.25) is 4.98 Å². The summed E-state index contributed by atoms with van der Waals surface area (Å²) in [7, 11) is 0. The largest absolute Gasteiger partial charge is 0.399 e. The van der Waals surface area contributed by atoms with Crippen LogP contribution in [0.4, 0.5) is 11.4 Å². The first-order valence-corrected chi connectivity index (χ1v) is 5.74. The molecule has 0 saturated carbocycles. The maximum absolute atomic E-state index is 5.76. The van der Waals surface area contributed by atoms with E-state index >= 15 is 0 Å². The van der Waals surface area contributed by atoms with E-state index in [1.165, 1.54) is 11.1 Å². The van der Waals surface area contributed by atoms with Crippen molar-refractivity contribution in [2.45, 2.75) is 13.3 Å². The molecular weight excluding hydrogens is 210 g/mol. The minimum atomic E-state index is 0.791. The van der Waals surface area contributed by atoms with Gasteiger partial charge in [0, 0.05) is 30.3 Å². The number of aryl methyl sites for hydroxylation is 1. The Labute approximate surface area is 102 Å². The van der Waals surface area contributed by atoms with Gasteiger partial charge in [0.25, 0.3) is 0 Å². The fourth-order valence-corrected chi connectivity index (χ4v) is 1.72. The molecule has 0 spiro atoms. The Balaban J connectivity index is 1.92. The maximum atomic E-state index is 5.76. The van der Waals surface area contributed by atoms with Crippen LogP contribution in [-0.2, 0) is 6.42 Å². The summed E-state index contributed by atoms with van der Waals surface area (Å²) in [5, 5.41) is 3.39. The molecule has 3 heteroatoms. The Bertz CT molecular complexity index is 480. The van der Waals surface area contributed by atoms with Crippen LogP contribution >= 0.6 is 0 Å². The molecule has 1 heterocycles. The number of nitrogen functional groups attached to an aromatic ring is 1. The lowest BCUT2D eigenvalue weighted by molar-refractivity contribution is 1.00. The van der Waals surface area contributed by atoms with E-state index in [1.807, 2.05) is 30.5 Å². The Morgan fingerprint density at radius 3 is 2.94 bits per heavy atom. The molecule has 0 amide bonds. The lowest BCUT2D eigenvalue weighted by Gasteiger charge is -2.10. The zero-order valence-electron chi connectivity index (χ0n) is 9.98. The summed E-state index contributed by atoms with van der Waals surface area (Å²) in [6.07, 6.45) is 4.65. The number of nitrogens with two attached hydrogens (primary N) is 1. The maximum Gasteiger partial charge on any atom is 0.0390 e. The van der Waals surface area contributed by atoms with Crippen LogP contribution in [0.15, 0.2) is 42.7 Å². The van der Waals surface area contributed by atoms with Crippen LogP contribution in [0.5, 0.6) is 0 Å². The summed E-state index contributed by atoms with van der Waals surface area (Å²) in [5.74, 6) is 0. The van der Waals surface area contributed by atoms with E-state index in [0.29, 0.717) is 0 Å². The molecule has 3 N–H and O–H groups in total. The molecule has 0 aliphatic rings. The van der Waals surface area contributed by atoms with E-state index in [9.17, 15) is 0 Å². The standard InChI is InChI=1S/C14H17N3/c1-11-4-5-13(15)9-14(11)17-8-6-12-3-2-7-16-10-12/h2-5,7,9-10,17H,6,8,15H2,1H3. The quantitative estimate of drug-likeness (QED) is 0.789. The van der Waals surface area contributed by atoms with Crippen molar-refractivity contribution in [1.29, 1.82) is 0 Å². The van der Waals surface area contributed by atoms with Crippen molar-refractivity contribution >= 4 is 11.4 Å². The van der Waals surface area contributed by atoms with Crippen LogP contribution in [0.25, 0.3) is 0 Å². The fraction of sp³-hybridized carbons (Fsp3) is 0.214. The van der Waals surface area contributed by atoms with Crippen molar-refractivity contribution < 1.29 is 0 Å². The molecule has 0 fully saturated rings. The lowest BCUT2D eigenvalue weighted by Crippen LogP contribution is -2.06. The van der Waals surface area contributed by atoms with E-state index in [2.05, 4.69) is 23.3 Å². The molecule has 1 aromatic heterocycles. The van der Waals surface area contributed by atoms with Crippen molar-refractivity contribution in [3.05, 3.63) is 53.9 Å². The Kier molecular flexibility index (Phi) is 3.60. The van der Waals surface area contributed by atoms with Gasteiger partial charge in [-0.2, -0.15) is 0 Å². The number of benzene rings is 1. The lowest BCUT2D eigenvalue weighted by atomic mass is 10.1. The van der Waals surface area contributed by atoms with E-state index in [4.69, 9.17) is 5.73 Å². The first kappa shape index (κ1) is 11.5. The second-order valence-electron chi connectivity index (χ2n) is 4.11. The average Bonchev–Trinajstić information content (AvgIpc) is 2.35. The van der Waals surface area contributed by atoms with E-state index in [-0.39, 0.29) is 0 Å². The summed E-state index contributed by atoms with van der Waals surface area (Å²) in [6.45, 7) is 2.96. The van der Waals surface area contributed by atoms with Crippen LogP contribution in [0.2, 0.25) is 0 Å². The molecule has 0 bridgehead atoms. The van der Waals surface area contributed by atoms with Crippen molar-refractivity contribution in [3.63, 3.8) is 0 Å². The van der Waals surface area contributed by atoms with Gasteiger partial charge >= 0.3 is 0 Å². The van der Waals surface area contributed by atoms with Gasteiger partial charge in [0.15, 0.2) is 0 Å². The number of pyridine rings is 1. The third-order valence-corrected chi connectivity index (χ3v) is 2.71. The van der Waals surface area contributed by atoms with Gasteiger partial charge in [0.05, 0.1) is 0 Å². The van der Waals surface area contributed by atoms with Crippen LogP contribution in [0.3, 0.4) is 0 Å². The van der Waals surface area contributed by atoms with Crippen molar-refractivity contribution in [2.75, 3.05) is 17.6 Å². The number of rotatable bonds is 4. The van der Waals surface area contributed by atoms with Gasteiger partial charge in [-0.25, -0.2) is 0 Å². The van der Waals surface area contributed by atoms with Crippen LogP contribution < -0.4 is 11.1 Å². The summed E-state index contributed by atoms with van der Waals surface area (Å²) in [5.41, 5.74) is 10.1. The molecule has 0 radical (unpaired) electrons. The summed E-state index contributed by atoms with van der Waals surface area (Å²) >= 11 is 0. The normalized spacial score (nSPS) is 10.2. The van der Waals surface area contributed by atoms with Crippen molar-refractivity contribution in [1.82, 2.24) is 4.98 Å². The molecule has 1 aromatic carbocycles. The highest BCUT2D eigenvalue weighted by molar-refractivity contribution is 5.59. The van der Waals surface area contributed by atoms with Crippen LogP contribution in [0.1, 0.15) is 11.1 Å². The number of nitrogens with one attached hydrogen (secondary N) is 1. The minimum Gasteiger partial charge on any atom is -0.399 e. The highest BCUT2D eigenvalue weighted by atomic mass is 14.9. The topological polar surface area (TPSA) is 50.9 Å². The van der Waals surface area contributed by atoms with E-state index in [1.54, 1.807) is 6.20 Å². The number of hydrogen-bond donors (Lipinski definition) is 2. The van der Waals surface area contributed by atoms with Gasteiger partial charge in [-0.15, -0.1) is 0 Å². The van der Waals surface area contributed by atoms with Crippen LogP contribution in [-0.4, -0.2) is 11.5 Å². The van der Waals surface area contributed by atoms with E-state index in [0.717, 1.165) is 24.3 Å². The highest BCUT2D eigenvalue weighted by Crippen LogP contribution is 2.17. The van der Waals surface area contributed by atoms with Gasteiger partial charge < -0.3 is 11.1 Å². The first-order valence-electron chi connectivity index (χ1n) is 5.74. The summed E-state index contributed by atoms with van der Waals surface area (Å²) in [6, 6.07) is 9.96. The van der Waals surface area contributed by atoms with Gasteiger partial charge in [0.2, 0.25) is 0 Å². The number of anilines is 2. The molecule has 2 aromatic rings. The molecule has 88 valence electrons. The average molecular weight is 227 g/mol. The predicted octanol–water partition coefficient (Wildman–Crippen LogP) is 2.63. The van der Waals surface area contributed by atoms with Crippen LogP contribution in [0, 0.1) is 6.92 Å². The van der Waals surface area contributed by atoms with Gasteiger partial charge in [0.1, 0.15) is 0 Å². The smallest absolute Gasteiger partial charge is 0.0390 e. The fourth-order valence-electron chi connectivity index (χ4n) is 1.72. The third-order valence-electron chi connectivity index (χ3n) is 2.71. The molecule has 0 saturated heterocycles. The monoisotopic (exact) mass is 227 g/mol. The van der Waals surface area contributed by atoms with E-state index < -0.39 is 0 Å². The van der Waals surface area contributed by atoms with Crippen molar-refractivity contribution in [2.24, 2.45) is 0 Å². The molecule has 3 nitrogen and oxygen atoms in total. The highest BCUT2D eigenvalue weighted by Gasteiger charge is 1.98. The molecule has 0 unspecified atom stereocenters. The molecular formula is C14H17N3. The Hall–Kier alpha value is -2.03. The molecule has 2 rings (SSSR count). The first-order chi connectivity index (χ1) is 8.25. The molecule has 0 aliphatic heterocycles. The number of nitrogens with zero attached hydrogens (tertiary/aromatic N) is 1. The zero-order chi connectivity index (χ0) is 12.1. The summed E-state index contributed by atoms with van der Waals surface area (Å²) < 4.78 is 0. The number of aromatic nitrogens is 1. The molecule has 0 aliphatic carbocycles. The molecule has 0 atom stereocenters.